The average molecular weight is 345 g/mol. The SMILES string of the molecule is CC1NNC(C)C1CCNC(=O)C1CCCCN1Cc1ccccc1. The number of carbonyl (C=O) groups excluding carboxylic acids is 1. The molecule has 138 valence electrons. The van der Waals surface area contributed by atoms with Crippen LogP contribution >= 0.6 is 0 Å². The van der Waals surface area contributed by atoms with Crippen LogP contribution in [0.4, 0.5) is 0 Å². The largest absolute Gasteiger partial charge is 0.355 e. The first-order valence-corrected chi connectivity index (χ1v) is 9.72. The molecule has 2 aliphatic rings. The second-order valence-corrected chi connectivity index (χ2v) is 7.58. The van der Waals surface area contributed by atoms with Gasteiger partial charge in [-0.3, -0.25) is 20.5 Å². The summed E-state index contributed by atoms with van der Waals surface area (Å²) in [6.45, 7) is 7.04. The van der Waals surface area contributed by atoms with Gasteiger partial charge < -0.3 is 5.32 Å². The third-order valence-electron chi connectivity index (χ3n) is 5.74. The molecular weight excluding hydrogens is 312 g/mol. The Morgan fingerprint density at radius 3 is 2.60 bits per heavy atom. The van der Waals surface area contributed by atoms with Crippen molar-refractivity contribution < 1.29 is 4.79 Å². The zero-order valence-corrected chi connectivity index (χ0v) is 15.5. The Labute approximate surface area is 151 Å². The molecule has 5 heteroatoms. The normalized spacial score (nSPS) is 30.3. The summed E-state index contributed by atoms with van der Waals surface area (Å²) >= 11 is 0. The van der Waals surface area contributed by atoms with E-state index in [-0.39, 0.29) is 11.9 Å². The molecule has 1 aromatic rings. The van der Waals surface area contributed by atoms with Crippen molar-refractivity contribution in [3.63, 3.8) is 0 Å². The molecular formula is C20H32N4O. The smallest absolute Gasteiger partial charge is 0.237 e. The lowest BCUT2D eigenvalue weighted by Crippen LogP contribution is -2.49. The molecule has 2 aliphatic heterocycles. The molecule has 0 radical (unpaired) electrons. The van der Waals surface area contributed by atoms with Crippen molar-refractivity contribution in [3.8, 4) is 0 Å². The summed E-state index contributed by atoms with van der Waals surface area (Å²) in [5, 5.41) is 3.20. The van der Waals surface area contributed by atoms with Crippen LogP contribution in [0, 0.1) is 5.92 Å². The maximum atomic E-state index is 12.8. The van der Waals surface area contributed by atoms with Gasteiger partial charge in [-0.25, -0.2) is 0 Å². The number of amides is 1. The molecule has 0 spiro atoms. The molecule has 3 atom stereocenters. The van der Waals surface area contributed by atoms with Crippen LogP contribution in [0.2, 0.25) is 0 Å². The number of benzene rings is 1. The van der Waals surface area contributed by atoms with Crippen LogP contribution in [0.25, 0.3) is 0 Å². The third kappa shape index (κ3) is 4.81. The summed E-state index contributed by atoms with van der Waals surface area (Å²) in [6, 6.07) is 11.4. The fraction of sp³-hybridized carbons (Fsp3) is 0.650. The predicted molar refractivity (Wildman–Crippen MR) is 101 cm³/mol. The van der Waals surface area contributed by atoms with E-state index in [9.17, 15) is 4.79 Å². The molecule has 2 saturated heterocycles. The van der Waals surface area contributed by atoms with Crippen LogP contribution < -0.4 is 16.2 Å². The summed E-state index contributed by atoms with van der Waals surface area (Å²) in [6.07, 6.45) is 4.32. The maximum absolute atomic E-state index is 12.8. The molecule has 25 heavy (non-hydrogen) atoms. The first kappa shape index (κ1) is 18.4. The van der Waals surface area contributed by atoms with Gasteiger partial charge in [0.05, 0.1) is 6.04 Å². The summed E-state index contributed by atoms with van der Waals surface area (Å²) in [7, 11) is 0. The molecule has 0 saturated carbocycles. The van der Waals surface area contributed by atoms with E-state index in [1.54, 1.807) is 0 Å². The number of carbonyl (C=O) groups is 1. The minimum absolute atomic E-state index is 0.0173. The van der Waals surface area contributed by atoms with Gasteiger partial charge in [0.15, 0.2) is 0 Å². The van der Waals surface area contributed by atoms with Gasteiger partial charge in [-0.15, -0.1) is 0 Å². The highest BCUT2D eigenvalue weighted by Crippen LogP contribution is 2.21. The summed E-state index contributed by atoms with van der Waals surface area (Å²) < 4.78 is 0. The lowest BCUT2D eigenvalue weighted by Gasteiger charge is -2.34. The monoisotopic (exact) mass is 344 g/mol. The van der Waals surface area contributed by atoms with Crippen molar-refractivity contribution in [3.05, 3.63) is 35.9 Å². The molecule has 1 aromatic carbocycles. The van der Waals surface area contributed by atoms with Crippen molar-refractivity contribution in [1.82, 2.24) is 21.1 Å². The number of nitrogens with one attached hydrogen (secondary N) is 3. The van der Waals surface area contributed by atoms with Crippen LogP contribution in [-0.4, -0.2) is 42.0 Å². The quantitative estimate of drug-likeness (QED) is 0.739. The van der Waals surface area contributed by atoms with Gasteiger partial charge in [-0.1, -0.05) is 36.8 Å². The summed E-state index contributed by atoms with van der Waals surface area (Å²) in [5.74, 6) is 0.766. The zero-order chi connectivity index (χ0) is 17.6. The molecule has 3 unspecified atom stereocenters. The minimum atomic E-state index is 0.0173. The summed E-state index contributed by atoms with van der Waals surface area (Å²) in [5.41, 5.74) is 7.85. The van der Waals surface area contributed by atoms with Gasteiger partial charge in [-0.05, 0) is 51.1 Å². The van der Waals surface area contributed by atoms with Crippen LogP contribution in [0.1, 0.15) is 45.1 Å². The van der Waals surface area contributed by atoms with Crippen LogP contribution in [-0.2, 0) is 11.3 Å². The van der Waals surface area contributed by atoms with Gasteiger partial charge in [-0.2, -0.15) is 0 Å². The Bertz CT molecular complexity index is 540. The van der Waals surface area contributed by atoms with E-state index < -0.39 is 0 Å². The van der Waals surface area contributed by atoms with E-state index >= 15 is 0 Å². The van der Waals surface area contributed by atoms with Crippen molar-refractivity contribution in [2.24, 2.45) is 5.92 Å². The second-order valence-electron chi connectivity index (χ2n) is 7.58. The van der Waals surface area contributed by atoms with E-state index in [1.165, 1.54) is 12.0 Å². The van der Waals surface area contributed by atoms with E-state index in [0.717, 1.165) is 38.9 Å². The Balaban J connectivity index is 1.50. The topological polar surface area (TPSA) is 56.4 Å². The summed E-state index contributed by atoms with van der Waals surface area (Å²) in [4.78, 5) is 15.1. The van der Waals surface area contributed by atoms with Crippen molar-refractivity contribution >= 4 is 5.91 Å². The Morgan fingerprint density at radius 2 is 1.88 bits per heavy atom. The van der Waals surface area contributed by atoms with Gasteiger partial charge in [0.2, 0.25) is 5.91 Å². The first-order chi connectivity index (χ1) is 12.1. The molecule has 2 fully saturated rings. The van der Waals surface area contributed by atoms with E-state index in [4.69, 9.17) is 0 Å². The third-order valence-corrected chi connectivity index (χ3v) is 5.74. The van der Waals surface area contributed by atoms with Crippen molar-refractivity contribution in [2.75, 3.05) is 13.1 Å². The molecule has 3 N–H and O–H groups in total. The lowest BCUT2D eigenvalue weighted by atomic mass is 9.93. The Kier molecular flexibility index (Phi) is 6.45. The first-order valence-electron chi connectivity index (χ1n) is 9.72. The number of hydrogen-bond acceptors (Lipinski definition) is 4. The number of piperidine rings is 1. The van der Waals surface area contributed by atoms with Gasteiger partial charge in [0, 0.05) is 25.2 Å². The molecule has 5 nitrogen and oxygen atoms in total. The zero-order valence-electron chi connectivity index (χ0n) is 15.5. The van der Waals surface area contributed by atoms with E-state index in [1.807, 2.05) is 6.07 Å². The molecule has 0 bridgehead atoms. The van der Waals surface area contributed by atoms with Crippen molar-refractivity contribution in [1.29, 1.82) is 0 Å². The van der Waals surface area contributed by atoms with Crippen LogP contribution in [0.3, 0.4) is 0 Å². The van der Waals surface area contributed by atoms with Gasteiger partial charge in [0.25, 0.3) is 0 Å². The van der Waals surface area contributed by atoms with E-state index in [2.05, 4.69) is 59.2 Å². The van der Waals surface area contributed by atoms with Crippen molar-refractivity contribution in [2.45, 2.75) is 64.2 Å². The molecule has 3 rings (SSSR count). The van der Waals surface area contributed by atoms with Crippen LogP contribution in [0.5, 0.6) is 0 Å². The second kappa shape index (κ2) is 8.79. The number of hydrogen-bond donors (Lipinski definition) is 3. The standard InChI is InChI=1S/C20H32N4O/c1-15-18(16(2)23-22-15)11-12-21-20(25)19-10-6-7-13-24(19)14-17-8-4-3-5-9-17/h3-5,8-9,15-16,18-19,22-23H,6-7,10-14H2,1-2H3,(H,21,25). The number of hydrazine groups is 1. The molecule has 0 aliphatic carbocycles. The minimum Gasteiger partial charge on any atom is -0.355 e. The van der Waals surface area contributed by atoms with Gasteiger partial charge >= 0.3 is 0 Å². The average Bonchev–Trinajstić information content (AvgIpc) is 2.95. The van der Waals surface area contributed by atoms with E-state index in [0.29, 0.717) is 18.0 Å². The number of likely N-dealkylation sites (tertiary alicyclic amines) is 1. The molecule has 2 heterocycles. The molecule has 1 amide bonds. The maximum Gasteiger partial charge on any atom is 0.237 e. The highest BCUT2D eigenvalue weighted by Gasteiger charge is 2.31. The Morgan fingerprint density at radius 1 is 1.16 bits per heavy atom. The van der Waals surface area contributed by atoms with Gasteiger partial charge in [0.1, 0.15) is 0 Å². The number of rotatable bonds is 6. The fourth-order valence-corrected chi connectivity index (χ4v) is 4.18. The number of nitrogens with zero attached hydrogens (tertiary/aromatic N) is 1. The Hall–Kier alpha value is -1.43. The molecule has 0 aromatic heterocycles. The lowest BCUT2D eigenvalue weighted by molar-refractivity contribution is -0.127. The highest BCUT2D eigenvalue weighted by atomic mass is 16.2. The fourth-order valence-electron chi connectivity index (χ4n) is 4.18. The predicted octanol–water partition coefficient (Wildman–Crippen LogP) is 2.05. The highest BCUT2D eigenvalue weighted by molar-refractivity contribution is 5.81. The van der Waals surface area contributed by atoms with Crippen LogP contribution in [0.15, 0.2) is 30.3 Å².